The zero-order valence-corrected chi connectivity index (χ0v) is 17.0. The van der Waals surface area contributed by atoms with Crippen LogP contribution < -0.4 is 9.47 Å². The Morgan fingerprint density at radius 1 is 1.07 bits per heavy atom. The summed E-state index contributed by atoms with van der Waals surface area (Å²) < 4.78 is 21.4. The molecule has 2 aromatic rings. The van der Waals surface area contributed by atoms with E-state index in [0.29, 0.717) is 17.1 Å². The molecular weight excluding hydrogens is 362 g/mol. The second kappa shape index (κ2) is 10.0. The van der Waals surface area contributed by atoms with Gasteiger partial charge in [-0.2, -0.15) is 0 Å². The average Bonchev–Trinajstić information content (AvgIpc) is 3.14. The number of nitrogens with zero attached hydrogens (tertiary/aromatic N) is 1. The first-order valence-corrected chi connectivity index (χ1v) is 10.3. The molecule has 1 unspecified atom stereocenters. The fraction of sp³-hybridized carbons (Fsp3) is 0.333. The molecule has 0 saturated carbocycles. The first-order chi connectivity index (χ1) is 13.0. The lowest BCUT2D eigenvalue weighted by atomic mass is 10.1. The van der Waals surface area contributed by atoms with E-state index in [9.17, 15) is 9.00 Å². The van der Waals surface area contributed by atoms with Crippen molar-refractivity contribution < 1.29 is 18.5 Å². The second-order valence-electron chi connectivity index (χ2n) is 6.02. The van der Waals surface area contributed by atoms with Gasteiger partial charge in [0.25, 0.3) is 0 Å². The summed E-state index contributed by atoms with van der Waals surface area (Å²) in [4.78, 5) is 16.1. The highest BCUT2D eigenvalue weighted by Gasteiger charge is 2.14. The third kappa shape index (κ3) is 5.76. The molecule has 0 amide bonds. The lowest BCUT2D eigenvalue weighted by Gasteiger charge is -2.05. The summed E-state index contributed by atoms with van der Waals surface area (Å²) in [5.74, 6) is 1.40. The molecule has 0 N–H and O–H groups in total. The van der Waals surface area contributed by atoms with E-state index >= 15 is 0 Å². The van der Waals surface area contributed by atoms with Gasteiger partial charge in [0.15, 0.2) is 17.3 Å². The van der Waals surface area contributed by atoms with Gasteiger partial charge in [-0.05, 0) is 49.2 Å². The smallest absolute Gasteiger partial charge is 0.231 e. The van der Waals surface area contributed by atoms with Crippen LogP contribution in [0.5, 0.6) is 11.5 Å². The van der Waals surface area contributed by atoms with Crippen LogP contribution in [0.4, 0.5) is 0 Å². The number of hydrogen-bond acceptors (Lipinski definition) is 5. The van der Waals surface area contributed by atoms with Crippen LogP contribution in [0.25, 0.3) is 0 Å². The molecule has 1 aliphatic rings. The maximum atomic E-state index is 11.2. The molecule has 0 bridgehead atoms. The maximum absolute atomic E-state index is 11.2. The number of benzene rings is 2. The van der Waals surface area contributed by atoms with E-state index in [0.717, 1.165) is 29.0 Å². The molecule has 1 heterocycles. The highest BCUT2D eigenvalue weighted by molar-refractivity contribution is 7.84. The SMILES string of the molecule is CC(=O)c1ccc2c(c1)OCO2.CCCC(=NC)c1ccc(S(C)=O)cc1. The average molecular weight is 388 g/mol. The summed E-state index contributed by atoms with van der Waals surface area (Å²) in [6, 6.07) is 13.0. The number of carbonyl (C=O) groups is 1. The molecule has 0 spiro atoms. The zero-order chi connectivity index (χ0) is 19.8. The van der Waals surface area contributed by atoms with Gasteiger partial charge in [0.1, 0.15) is 0 Å². The first kappa shape index (κ1) is 20.8. The van der Waals surface area contributed by atoms with E-state index < -0.39 is 10.8 Å². The van der Waals surface area contributed by atoms with Gasteiger partial charge in [0.2, 0.25) is 6.79 Å². The number of aliphatic imine (C=N–C) groups is 1. The van der Waals surface area contributed by atoms with E-state index in [1.54, 1.807) is 24.5 Å². The van der Waals surface area contributed by atoms with Gasteiger partial charge < -0.3 is 9.47 Å². The van der Waals surface area contributed by atoms with Gasteiger partial charge in [-0.3, -0.25) is 14.0 Å². The molecule has 0 aliphatic carbocycles. The monoisotopic (exact) mass is 387 g/mol. The molecule has 0 aromatic heterocycles. The quantitative estimate of drug-likeness (QED) is 0.568. The van der Waals surface area contributed by atoms with Crippen molar-refractivity contribution in [1.29, 1.82) is 0 Å². The molecule has 144 valence electrons. The summed E-state index contributed by atoms with van der Waals surface area (Å²) in [6.07, 6.45) is 3.77. The molecule has 6 heteroatoms. The minimum Gasteiger partial charge on any atom is -0.454 e. The van der Waals surface area contributed by atoms with Crippen LogP contribution in [0, 0.1) is 0 Å². The Bertz CT molecular complexity index is 844. The Morgan fingerprint density at radius 3 is 2.26 bits per heavy atom. The Labute approximate surface area is 162 Å². The standard InChI is InChI=1S/C12H17NOS.C9H8O3/c1-4-5-12(13-2)10-6-8-11(9-7-10)15(3)14;1-6(10)7-2-3-8-9(4-7)12-5-11-8/h6-9H,4-5H2,1-3H3;2-4H,5H2,1H3. The molecule has 1 atom stereocenters. The molecule has 2 aromatic carbocycles. The van der Waals surface area contributed by atoms with E-state index in [1.807, 2.05) is 31.3 Å². The van der Waals surface area contributed by atoms with Crippen molar-refractivity contribution in [3.63, 3.8) is 0 Å². The fourth-order valence-corrected chi connectivity index (χ4v) is 3.10. The van der Waals surface area contributed by atoms with Crippen LogP contribution in [-0.4, -0.2) is 35.8 Å². The van der Waals surface area contributed by atoms with Gasteiger partial charge >= 0.3 is 0 Å². The number of Topliss-reactive ketones (excluding diaryl/α,β-unsaturated/α-hetero) is 1. The van der Waals surface area contributed by atoms with Crippen LogP contribution in [0.2, 0.25) is 0 Å². The van der Waals surface area contributed by atoms with Crippen molar-refractivity contribution in [2.75, 3.05) is 20.1 Å². The predicted molar refractivity (Wildman–Crippen MR) is 109 cm³/mol. The Hall–Kier alpha value is -2.47. The van der Waals surface area contributed by atoms with E-state index in [1.165, 1.54) is 6.92 Å². The van der Waals surface area contributed by atoms with Crippen LogP contribution in [0.15, 0.2) is 52.4 Å². The molecule has 0 saturated heterocycles. The molecular formula is C21H25NO4S. The summed E-state index contributed by atoms with van der Waals surface area (Å²) in [7, 11) is 0.920. The van der Waals surface area contributed by atoms with Crippen molar-refractivity contribution in [1.82, 2.24) is 0 Å². The molecule has 5 nitrogen and oxygen atoms in total. The number of fused-ring (bicyclic) bond motifs is 1. The van der Waals surface area contributed by atoms with E-state index in [4.69, 9.17) is 9.47 Å². The third-order valence-corrected chi connectivity index (χ3v) is 4.99. The van der Waals surface area contributed by atoms with Gasteiger partial charge in [-0.15, -0.1) is 0 Å². The number of ketones is 1. The number of ether oxygens (including phenoxy) is 2. The van der Waals surface area contributed by atoms with Gasteiger partial charge in [-0.1, -0.05) is 25.5 Å². The Balaban J connectivity index is 0.000000198. The number of carbonyl (C=O) groups excluding carboxylic acids is 1. The van der Waals surface area contributed by atoms with E-state index in [2.05, 4.69) is 11.9 Å². The largest absolute Gasteiger partial charge is 0.454 e. The van der Waals surface area contributed by atoms with Crippen molar-refractivity contribution in [2.45, 2.75) is 31.6 Å². The maximum Gasteiger partial charge on any atom is 0.231 e. The van der Waals surface area contributed by atoms with Crippen molar-refractivity contribution in [3.05, 3.63) is 53.6 Å². The predicted octanol–water partition coefficient (Wildman–Crippen LogP) is 4.26. The van der Waals surface area contributed by atoms with Crippen molar-refractivity contribution >= 4 is 22.3 Å². The summed E-state index contributed by atoms with van der Waals surface area (Å²) in [6.45, 7) is 3.91. The fourth-order valence-electron chi connectivity index (χ4n) is 2.58. The van der Waals surface area contributed by atoms with Gasteiger partial charge in [0.05, 0.1) is 0 Å². The summed E-state index contributed by atoms with van der Waals surface area (Å²) >= 11 is 0. The second-order valence-corrected chi connectivity index (χ2v) is 7.40. The molecule has 3 rings (SSSR count). The summed E-state index contributed by atoms with van der Waals surface area (Å²) in [5.41, 5.74) is 2.90. The van der Waals surface area contributed by atoms with E-state index in [-0.39, 0.29) is 12.6 Å². The van der Waals surface area contributed by atoms with Crippen LogP contribution >= 0.6 is 0 Å². The lowest BCUT2D eigenvalue weighted by molar-refractivity contribution is 0.101. The number of rotatable bonds is 5. The molecule has 1 aliphatic heterocycles. The topological polar surface area (TPSA) is 65.0 Å². The highest BCUT2D eigenvalue weighted by atomic mass is 32.2. The normalized spacial score (nSPS) is 13.6. The molecule has 0 radical (unpaired) electrons. The summed E-state index contributed by atoms with van der Waals surface area (Å²) in [5, 5.41) is 0. The van der Waals surface area contributed by atoms with Gasteiger partial charge in [-0.25, -0.2) is 0 Å². The van der Waals surface area contributed by atoms with Crippen molar-refractivity contribution in [2.24, 2.45) is 4.99 Å². The van der Waals surface area contributed by atoms with Crippen molar-refractivity contribution in [3.8, 4) is 11.5 Å². The Morgan fingerprint density at radius 2 is 1.70 bits per heavy atom. The Kier molecular flexibility index (Phi) is 7.73. The number of hydrogen-bond donors (Lipinski definition) is 0. The van der Waals surface area contributed by atoms with Crippen LogP contribution in [-0.2, 0) is 10.8 Å². The minimum atomic E-state index is -0.896. The minimum absolute atomic E-state index is 0.0355. The third-order valence-electron chi connectivity index (χ3n) is 4.06. The van der Waals surface area contributed by atoms with Crippen LogP contribution in [0.1, 0.15) is 42.6 Å². The van der Waals surface area contributed by atoms with Crippen LogP contribution in [0.3, 0.4) is 0 Å². The highest BCUT2D eigenvalue weighted by Crippen LogP contribution is 2.32. The molecule has 27 heavy (non-hydrogen) atoms. The zero-order valence-electron chi connectivity index (χ0n) is 16.2. The van der Waals surface area contributed by atoms with Gasteiger partial charge in [0, 0.05) is 40.3 Å². The molecule has 0 fully saturated rings. The first-order valence-electron chi connectivity index (χ1n) is 8.76. The lowest BCUT2D eigenvalue weighted by Crippen LogP contribution is -2.00.